The first-order chi connectivity index (χ1) is 9.60. The van der Waals surface area contributed by atoms with Crippen LogP contribution >= 0.6 is 0 Å². The molecule has 0 bridgehead atoms. The Bertz CT molecular complexity index is 308. The molecule has 2 nitrogen and oxygen atoms in total. The molecule has 3 aliphatic rings. The lowest BCUT2D eigenvalue weighted by molar-refractivity contribution is -0.0582. The Balaban J connectivity index is 1.47. The molecule has 1 saturated carbocycles. The van der Waals surface area contributed by atoms with Crippen molar-refractivity contribution in [2.75, 3.05) is 33.2 Å². The number of piperidine rings is 2. The topological polar surface area (TPSA) is 6.48 Å². The summed E-state index contributed by atoms with van der Waals surface area (Å²) in [5.41, 5.74) is 1.44. The van der Waals surface area contributed by atoms with Crippen molar-refractivity contribution in [1.29, 1.82) is 0 Å². The van der Waals surface area contributed by atoms with Gasteiger partial charge in [-0.2, -0.15) is 0 Å². The lowest BCUT2D eigenvalue weighted by atomic mass is 9.59. The van der Waals surface area contributed by atoms with Gasteiger partial charge in [0.15, 0.2) is 0 Å². The quantitative estimate of drug-likeness (QED) is 0.775. The van der Waals surface area contributed by atoms with Gasteiger partial charge in [-0.25, -0.2) is 0 Å². The summed E-state index contributed by atoms with van der Waals surface area (Å²) in [6.45, 7) is 10.2. The molecule has 2 heteroatoms. The average Bonchev–Trinajstić information content (AvgIpc) is 2.46. The van der Waals surface area contributed by atoms with Gasteiger partial charge in [0.1, 0.15) is 0 Å². The van der Waals surface area contributed by atoms with Crippen molar-refractivity contribution in [3.05, 3.63) is 0 Å². The molecule has 0 aromatic heterocycles. The lowest BCUT2D eigenvalue weighted by Crippen LogP contribution is -2.56. The second-order valence-corrected chi connectivity index (χ2v) is 8.11. The van der Waals surface area contributed by atoms with E-state index < -0.39 is 0 Å². The Morgan fingerprint density at radius 1 is 0.850 bits per heavy atom. The normalized spacial score (nSPS) is 31.4. The molecule has 0 N–H and O–H groups in total. The highest BCUT2D eigenvalue weighted by Gasteiger charge is 2.48. The highest BCUT2D eigenvalue weighted by atomic mass is 15.2. The van der Waals surface area contributed by atoms with Crippen LogP contribution in [0.25, 0.3) is 0 Å². The summed E-state index contributed by atoms with van der Waals surface area (Å²) in [6, 6.07) is 0.935. The molecule has 3 rings (SSSR count). The molecule has 2 aliphatic heterocycles. The van der Waals surface area contributed by atoms with Gasteiger partial charge in [-0.05, 0) is 82.6 Å². The van der Waals surface area contributed by atoms with E-state index in [1.807, 2.05) is 0 Å². The number of hydrogen-bond acceptors (Lipinski definition) is 2. The second-order valence-electron chi connectivity index (χ2n) is 8.11. The minimum Gasteiger partial charge on any atom is -0.306 e. The van der Waals surface area contributed by atoms with Crippen molar-refractivity contribution in [2.45, 2.75) is 71.3 Å². The van der Waals surface area contributed by atoms with Crippen molar-refractivity contribution < 1.29 is 0 Å². The maximum absolute atomic E-state index is 2.84. The molecule has 116 valence electrons. The highest BCUT2D eigenvalue weighted by Crippen LogP contribution is 2.52. The molecule has 0 atom stereocenters. The summed E-state index contributed by atoms with van der Waals surface area (Å²) in [4.78, 5) is 5.35. The van der Waals surface area contributed by atoms with E-state index in [0.29, 0.717) is 5.41 Å². The van der Waals surface area contributed by atoms with Gasteiger partial charge in [-0.1, -0.05) is 26.7 Å². The van der Waals surface area contributed by atoms with Crippen LogP contribution in [-0.4, -0.2) is 49.1 Å². The third-order valence-corrected chi connectivity index (χ3v) is 7.26. The summed E-state index contributed by atoms with van der Waals surface area (Å²) in [6.07, 6.45) is 11.6. The molecule has 1 aliphatic carbocycles. The molecule has 0 aromatic rings. The number of likely N-dealkylation sites (tertiary alicyclic amines) is 2. The number of rotatable bonds is 3. The van der Waals surface area contributed by atoms with E-state index in [1.54, 1.807) is 0 Å². The summed E-state index contributed by atoms with van der Waals surface area (Å²) in [5, 5.41) is 0. The minimum atomic E-state index is 0.686. The van der Waals surface area contributed by atoms with Crippen LogP contribution in [0.5, 0.6) is 0 Å². The van der Waals surface area contributed by atoms with Gasteiger partial charge in [0.05, 0.1) is 0 Å². The Kier molecular flexibility index (Phi) is 4.16. The monoisotopic (exact) mass is 278 g/mol. The smallest absolute Gasteiger partial charge is 0.0106 e. The van der Waals surface area contributed by atoms with Gasteiger partial charge in [-0.3, -0.25) is 0 Å². The average molecular weight is 278 g/mol. The molecule has 2 saturated heterocycles. The molecule has 20 heavy (non-hydrogen) atoms. The minimum absolute atomic E-state index is 0.686. The molecule has 0 amide bonds. The van der Waals surface area contributed by atoms with Crippen LogP contribution in [0, 0.1) is 10.8 Å². The second kappa shape index (κ2) is 5.61. The van der Waals surface area contributed by atoms with Crippen molar-refractivity contribution in [3.8, 4) is 0 Å². The maximum atomic E-state index is 2.84. The van der Waals surface area contributed by atoms with E-state index in [1.165, 1.54) is 77.5 Å². The largest absolute Gasteiger partial charge is 0.306 e. The lowest BCUT2D eigenvalue weighted by Gasteiger charge is -2.57. The van der Waals surface area contributed by atoms with Crippen LogP contribution in [0.2, 0.25) is 0 Å². The summed E-state index contributed by atoms with van der Waals surface area (Å²) < 4.78 is 0. The molecule has 0 aromatic carbocycles. The number of nitrogens with zero attached hydrogens (tertiary/aromatic N) is 2. The van der Waals surface area contributed by atoms with Crippen LogP contribution in [0.15, 0.2) is 0 Å². The predicted octanol–water partition coefficient (Wildman–Crippen LogP) is 3.76. The predicted molar refractivity (Wildman–Crippen MR) is 86.0 cm³/mol. The Hall–Kier alpha value is -0.0800. The van der Waals surface area contributed by atoms with E-state index >= 15 is 0 Å². The van der Waals surface area contributed by atoms with E-state index in [4.69, 9.17) is 0 Å². The summed E-state index contributed by atoms with van der Waals surface area (Å²) in [5.74, 6) is 0. The van der Waals surface area contributed by atoms with E-state index in [0.717, 1.165) is 11.5 Å². The van der Waals surface area contributed by atoms with Gasteiger partial charge < -0.3 is 9.80 Å². The van der Waals surface area contributed by atoms with E-state index in [9.17, 15) is 0 Å². The van der Waals surface area contributed by atoms with Gasteiger partial charge in [0.25, 0.3) is 0 Å². The standard InChI is InChI=1S/C18H34N2/c1-4-17(5-2)8-12-20(13-9-17)16-14-18(15-16)6-10-19(3)11-7-18/h16H,4-15H2,1-3H3. The van der Waals surface area contributed by atoms with Gasteiger partial charge in [0, 0.05) is 6.04 Å². The van der Waals surface area contributed by atoms with Crippen molar-refractivity contribution in [2.24, 2.45) is 10.8 Å². The first-order valence-corrected chi connectivity index (χ1v) is 9.03. The molecular weight excluding hydrogens is 244 g/mol. The zero-order valence-corrected chi connectivity index (χ0v) is 14.0. The fourth-order valence-electron chi connectivity index (χ4n) is 5.02. The first kappa shape index (κ1) is 14.8. The van der Waals surface area contributed by atoms with Crippen LogP contribution < -0.4 is 0 Å². The van der Waals surface area contributed by atoms with Crippen molar-refractivity contribution >= 4 is 0 Å². The Morgan fingerprint density at radius 3 is 1.90 bits per heavy atom. The van der Waals surface area contributed by atoms with E-state index in [2.05, 4.69) is 30.7 Å². The van der Waals surface area contributed by atoms with Gasteiger partial charge in [0.2, 0.25) is 0 Å². The Labute approximate surface area is 125 Å². The summed E-state index contributed by atoms with van der Waals surface area (Å²) >= 11 is 0. The van der Waals surface area contributed by atoms with Crippen molar-refractivity contribution in [3.63, 3.8) is 0 Å². The molecule has 0 unspecified atom stereocenters. The van der Waals surface area contributed by atoms with E-state index in [-0.39, 0.29) is 0 Å². The summed E-state index contributed by atoms with van der Waals surface area (Å²) in [7, 11) is 2.28. The van der Waals surface area contributed by atoms with Crippen molar-refractivity contribution in [1.82, 2.24) is 9.80 Å². The zero-order chi connectivity index (χ0) is 14.2. The fourth-order valence-corrected chi connectivity index (χ4v) is 5.02. The molecule has 0 radical (unpaired) electrons. The van der Waals surface area contributed by atoms with Crippen LogP contribution in [-0.2, 0) is 0 Å². The molecule has 1 spiro atoms. The Morgan fingerprint density at radius 2 is 1.40 bits per heavy atom. The molecular formula is C18H34N2. The van der Waals surface area contributed by atoms with Gasteiger partial charge >= 0.3 is 0 Å². The van der Waals surface area contributed by atoms with Crippen LogP contribution in [0.1, 0.15) is 65.2 Å². The third kappa shape index (κ3) is 2.66. The zero-order valence-electron chi connectivity index (χ0n) is 14.0. The maximum Gasteiger partial charge on any atom is 0.0106 e. The fraction of sp³-hybridized carbons (Fsp3) is 1.00. The highest BCUT2D eigenvalue weighted by molar-refractivity contribution is 5.02. The van der Waals surface area contributed by atoms with Crippen LogP contribution in [0.4, 0.5) is 0 Å². The molecule has 2 heterocycles. The molecule has 3 fully saturated rings. The first-order valence-electron chi connectivity index (χ1n) is 9.03. The number of hydrogen-bond donors (Lipinski definition) is 0. The SMILES string of the molecule is CCC1(CC)CCN(C2CC3(CCN(C)CC3)C2)CC1. The van der Waals surface area contributed by atoms with Gasteiger partial charge in [-0.15, -0.1) is 0 Å². The van der Waals surface area contributed by atoms with Crippen LogP contribution in [0.3, 0.4) is 0 Å². The third-order valence-electron chi connectivity index (χ3n) is 7.26.